The number of carbonyl (C=O) groups excluding carboxylic acids is 1. The summed E-state index contributed by atoms with van der Waals surface area (Å²) >= 11 is 0. The number of ether oxygens (including phenoxy) is 1. The van der Waals surface area contributed by atoms with Gasteiger partial charge in [-0.1, -0.05) is 0 Å². The van der Waals surface area contributed by atoms with Crippen molar-refractivity contribution in [2.45, 2.75) is 31.2 Å². The van der Waals surface area contributed by atoms with Crippen LogP contribution in [0.5, 0.6) is 0 Å². The predicted octanol–water partition coefficient (Wildman–Crippen LogP) is 1.20. The zero-order valence-corrected chi connectivity index (χ0v) is 14.4. The molecule has 8 nitrogen and oxygen atoms in total. The molecule has 4 heterocycles. The highest BCUT2D eigenvalue weighted by atomic mass is 19.4. The molecule has 0 spiro atoms. The van der Waals surface area contributed by atoms with Gasteiger partial charge in [0.2, 0.25) is 0 Å². The highest BCUT2D eigenvalue weighted by molar-refractivity contribution is 6.01. The van der Waals surface area contributed by atoms with Gasteiger partial charge in [0.1, 0.15) is 6.33 Å². The first-order valence-corrected chi connectivity index (χ1v) is 8.47. The van der Waals surface area contributed by atoms with E-state index in [4.69, 9.17) is 10.5 Å². The summed E-state index contributed by atoms with van der Waals surface area (Å²) in [5.41, 5.74) is 4.73. The number of hydrogen-bond donors (Lipinski definition) is 3. The molecule has 0 radical (unpaired) electrons. The van der Waals surface area contributed by atoms with E-state index in [1.807, 2.05) is 0 Å². The van der Waals surface area contributed by atoms with Gasteiger partial charge >= 0.3 is 6.18 Å². The van der Waals surface area contributed by atoms with Crippen molar-refractivity contribution in [3.63, 3.8) is 0 Å². The predicted molar refractivity (Wildman–Crippen MR) is 88.3 cm³/mol. The second-order valence-electron chi connectivity index (χ2n) is 6.58. The molecule has 1 saturated heterocycles. The fourth-order valence-corrected chi connectivity index (χ4v) is 3.24. The van der Waals surface area contributed by atoms with Crippen molar-refractivity contribution in [3.05, 3.63) is 35.2 Å². The van der Waals surface area contributed by atoms with Gasteiger partial charge in [0.05, 0.1) is 12.2 Å². The molecule has 4 N–H and O–H groups in total. The van der Waals surface area contributed by atoms with Gasteiger partial charge in [-0.05, 0) is 6.42 Å². The minimum absolute atomic E-state index is 0.0281. The molecule has 0 aromatic carbocycles. The number of rotatable bonds is 3. The molecule has 150 valence electrons. The van der Waals surface area contributed by atoms with E-state index in [1.165, 1.54) is 0 Å². The highest BCUT2D eigenvalue weighted by Gasteiger charge is 2.36. The smallest absolute Gasteiger partial charge is 0.380 e. The quantitative estimate of drug-likeness (QED) is 0.669. The van der Waals surface area contributed by atoms with Crippen LogP contribution in [-0.4, -0.2) is 45.7 Å². The lowest BCUT2D eigenvalue weighted by Crippen LogP contribution is -2.48. The third-order valence-corrected chi connectivity index (χ3v) is 4.71. The number of nitrogens with two attached hydrogens (primary N) is 1. The number of alkyl halides is 3. The van der Waals surface area contributed by atoms with Crippen molar-refractivity contribution in [1.82, 2.24) is 19.9 Å². The van der Waals surface area contributed by atoms with Crippen molar-refractivity contribution in [2.75, 3.05) is 18.5 Å². The molecule has 2 aromatic rings. The number of imidazole rings is 1. The van der Waals surface area contributed by atoms with E-state index >= 15 is 0 Å². The summed E-state index contributed by atoms with van der Waals surface area (Å²) in [5, 5.41) is 5.37. The number of fused-ring (bicyclic) bond motifs is 1. The molecule has 0 saturated carbocycles. The monoisotopic (exact) mass is 400 g/mol. The van der Waals surface area contributed by atoms with Gasteiger partial charge in [0.15, 0.2) is 23.1 Å². The lowest BCUT2D eigenvalue weighted by Gasteiger charge is -2.30. The fourth-order valence-electron chi connectivity index (χ4n) is 3.24. The number of nitrogens with zero attached hydrogens (tertiary/aromatic N) is 3. The van der Waals surface area contributed by atoms with Crippen LogP contribution in [0.1, 0.15) is 28.0 Å². The molecular formula is C16H16F4N6O2. The Morgan fingerprint density at radius 2 is 2.18 bits per heavy atom. The van der Waals surface area contributed by atoms with Gasteiger partial charge in [-0.25, -0.2) is 14.4 Å². The molecule has 28 heavy (non-hydrogen) atoms. The fraction of sp³-hybridized carbons (Fsp3) is 0.438. The van der Waals surface area contributed by atoms with E-state index in [0.29, 0.717) is 19.2 Å². The number of nitrogens with one attached hydrogen (secondary N) is 2. The second-order valence-corrected chi connectivity index (χ2v) is 6.58. The van der Waals surface area contributed by atoms with Crippen LogP contribution in [0.4, 0.5) is 23.4 Å². The Kier molecular flexibility index (Phi) is 4.46. The summed E-state index contributed by atoms with van der Waals surface area (Å²) < 4.78 is 59.8. The summed E-state index contributed by atoms with van der Waals surface area (Å²) in [6.07, 6.45) is -2.56. The van der Waals surface area contributed by atoms with E-state index in [9.17, 15) is 22.4 Å². The lowest BCUT2D eigenvalue weighted by atomic mass is 10.0. The van der Waals surface area contributed by atoms with Crippen LogP contribution in [0.15, 0.2) is 12.5 Å². The molecule has 2 aliphatic rings. The Hall–Kier alpha value is -2.73. The van der Waals surface area contributed by atoms with E-state index in [0.717, 1.165) is 10.9 Å². The maximum atomic E-state index is 14.9. The normalized spacial score (nSPS) is 22.1. The van der Waals surface area contributed by atoms with Crippen LogP contribution in [0.3, 0.4) is 0 Å². The van der Waals surface area contributed by atoms with Gasteiger partial charge in [-0.15, -0.1) is 0 Å². The van der Waals surface area contributed by atoms with Crippen molar-refractivity contribution in [2.24, 2.45) is 5.73 Å². The minimum Gasteiger partial charge on any atom is -0.380 e. The Morgan fingerprint density at radius 1 is 1.39 bits per heavy atom. The first-order valence-electron chi connectivity index (χ1n) is 8.47. The molecule has 2 aromatic heterocycles. The number of hydrogen-bond acceptors (Lipinski definition) is 6. The average molecular weight is 400 g/mol. The Labute approximate surface area is 156 Å². The number of carbonyl (C=O) groups is 1. The van der Waals surface area contributed by atoms with Gasteiger partial charge < -0.3 is 21.1 Å². The van der Waals surface area contributed by atoms with Gasteiger partial charge in [0.25, 0.3) is 5.91 Å². The summed E-state index contributed by atoms with van der Waals surface area (Å²) in [6.45, 7) is 0.625. The number of amides is 1. The second kappa shape index (κ2) is 6.71. The summed E-state index contributed by atoms with van der Waals surface area (Å²) in [4.78, 5) is 19.5. The number of aromatic nitrogens is 3. The van der Waals surface area contributed by atoms with Gasteiger partial charge in [-0.2, -0.15) is 13.2 Å². The minimum atomic E-state index is -4.66. The molecule has 12 heteroatoms. The van der Waals surface area contributed by atoms with Gasteiger partial charge in [-0.3, -0.25) is 9.36 Å². The van der Waals surface area contributed by atoms with Crippen LogP contribution >= 0.6 is 0 Å². The van der Waals surface area contributed by atoms with Crippen LogP contribution in [0.2, 0.25) is 0 Å². The Bertz CT molecular complexity index is 929. The van der Waals surface area contributed by atoms with E-state index in [-0.39, 0.29) is 42.0 Å². The Morgan fingerprint density at radius 3 is 2.86 bits per heavy atom. The largest absolute Gasteiger partial charge is 0.434 e. The summed E-state index contributed by atoms with van der Waals surface area (Å²) in [6, 6.07) is -0.739. The first-order chi connectivity index (χ1) is 13.3. The van der Waals surface area contributed by atoms with Crippen LogP contribution < -0.4 is 16.4 Å². The topological polar surface area (TPSA) is 107 Å². The van der Waals surface area contributed by atoms with Crippen molar-refractivity contribution < 1.29 is 27.1 Å². The third-order valence-electron chi connectivity index (χ3n) is 4.71. The number of anilines is 1. The molecule has 0 bridgehead atoms. The van der Waals surface area contributed by atoms with E-state index in [1.54, 1.807) is 0 Å². The maximum absolute atomic E-state index is 14.9. The molecule has 2 aliphatic heterocycles. The highest BCUT2D eigenvalue weighted by Crippen LogP contribution is 2.32. The third kappa shape index (κ3) is 3.18. The van der Waals surface area contributed by atoms with Crippen LogP contribution in [0.25, 0.3) is 5.82 Å². The molecule has 2 unspecified atom stereocenters. The standard InChI is InChI=1S/C16H16F4N6O2/c17-12-7-3-22-15(27)11(7)14(26-4-10(23-6-26)16(18,19)20)25-13(12)24-9-1-2-28-5-8(9)21/h4,6,8-9H,1-3,5,21H2,(H,22,27)(H,24,25). The first kappa shape index (κ1) is 18.6. The Balaban J connectivity index is 1.78. The average Bonchev–Trinajstić information content (AvgIpc) is 3.27. The van der Waals surface area contributed by atoms with Crippen molar-refractivity contribution in [3.8, 4) is 5.82 Å². The van der Waals surface area contributed by atoms with Crippen molar-refractivity contribution >= 4 is 11.7 Å². The molecule has 1 amide bonds. The molecule has 4 rings (SSSR count). The van der Waals surface area contributed by atoms with Crippen LogP contribution in [0, 0.1) is 5.82 Å². The SMILES string of the molecule is NC1COCCC1Nc1nc(-n2cnc(C(F)(F)F)c2)c2c(c1F)CNC2=O. The van der Waals surface area contributed by atoms with Crippen molar-refractivity contribution in [1.29, 1.82) is 0 Å². The maximum Gasteiger partial charge on any atom is 0.434 e. The zero-order chi connectivity index (χ0) is 20.1. The van der Waals surface area contributed by atoms with Gasteiger partial charge in [0, 0.05) is 37.0 Å². The number of pyridine rings is 1. The molecule has 1 fully saturated rings. The molecular weight excluding hydrogens is 384 g/mol. The van der Waals surface area contributed by atoms with E-state index in [2.05, 4.69) is 20.6 Å². The molecule has 0 aliphatic carbocycles. The van der Waals surface area contributed by atoms with Crippen LogP contribution in [-0.2, 0) is 17.5 Å². The summed E-state index contributed by atoms with van der Waals surface area (Å²) in [5.74, 6) is -1.69. The summed E-state index contributed by atoms with van der Waals surface area (Å²) in [7, 11) is 0. The zero-order valence-electron chi connectivity index (χ0n) is 14.4. The van der Waals surface area contributed by atoms with E-state index < -0.39 is 29.6 Å². The molecule has 2 atom stereocenters. The lowest BCUT2D eigenvalue weighted by molar-refractivity contribution is -0.140. The number of halogens is 4.